The minimum Gasteiger partial charge on any atom is -0.361 e. The number of hydrogen-bond donors (Lipinski definition) is 0. The minimum absolute atomic E-state index is 0.00784. The first-order valence-corrected chi connectivity index (χ1v) is 11.8. The fourth-order valence-corrected chi connectivity index (χ4v) is 7.56. The van der Waals surface area contributed by atoms with Gasteiger partial charge < -0.3 is 23.7 Å². The number of fused-ring (bicyclic) bond motifs is 7. The molecule has 0 aromatic heterocycles. The van der Waals surface area contributed by atoms with Gasteiger partial charge in [-0.1, -0.05) is 27.4 Å². The zero-order valence-electron chi connectivity index (χ0n) is 19.9. The van der Waals surface area contributed by atoms with Gasteiger partial charge in [-0.15, -0.1) is 0 Å². The molecule has 0 aromatic carbocycles. The molecule has 5 rings (SSSR count). The van der Waals surface area contributed by atoms with Crippen molar-refractivity contribution in [2.24, 2.45) is 28.6 Å². The third-order valence-electron chi connectivity index (χ3n) is 9.33. The van der Waals surface area contributed by atoms with E-state index in [4.69, 9.17) is 23.7 Å². The summed E-state index contributed by atoms with van der Waals surface area (Å²) in [6.45, 7) is 16.2. The monoisotopic (exact) mass is 434 g/mol. The first-order chi connectivity index (χ1) is 14.5. The molecular weight excluding hydrogens is 396 g/mol. The highest BCUT2D eigenvalue weighted by atomic mass is 16.8. The van der Waals surface area contributed by atoms with Crippen LogP contribution in [0.1, 0.15) is 60.3 Å². The van der Waals surface area contributed by atoms with Crippen molar-refractivity contribution in [3.8, 4) is 0 Å². The highest BCUT2D eigenvalue weighted by Gasteiger charge is 2.73. The van der Waals surface area contributed by atoms with Crippen molar-refractivity contribution in [2.75, 3.05) is 20.5 Å². The fourth-order valence-electron chi connectivity index (χ4n) is 7.56. The van der Waals surface area contributed by atoms with Gasteiger partial charge >= 0.3 is 0 Å². The van der Waals surface area contributed by atoms with E-state index in [1.807, 2.05) is 13.8 Å². The molecule has 3 aliphatic carbocycles. The van der Waals surface area contributed by atoms with Crippen molar-refractivity contribution < 1.29 is 28.5 Å². The van der Waals surface area contributed by atoms with E-state index >= 15 is 0 Å². The molecular formula is C25H38O6. The van der Waals surface area contributed by atoms with Gasteiger partial charge in [0.25, 0.3) is 0 Å². The Morgan fingerprint density at radius 2 is 1.87 bits per heavy atom. The van der Waals surface area contributed by atoms with Crippen molar-refractivity contribution in [1.82, 2.24) is 0 Å². The van der Waals surface area contributed by atoms with E-state index in [-0.39, 0.29) is 59.5 Å². The summed E-state index contributed by atoms with van der Waals surface area (Å²) in [5, 5.41) is 0. The number of ether oxygens (including phenoxy) is 5. The summed E-state index contributed by atoms with van der Waals surface area (Å²) >= 11 is 0. The lowest BCUT2D eigenvalue weighted by Gasteiger charge is -2.59. The minimum atomic E-state index is -0.694. The summed E-state index contributed by atoms with van der Waals surface area (Å²) in [7, 11) is 1.65. The van der Waals surface area contributed by atoms with E-state index in [2.05, 4.69) is 27.4 Å². The third-order valence-corrected chi connectivity index (χ3v) is 9.33. The van der Waals surface area contributed by atoms with Crippen LogP contribution >= 0.6 is 0 Å². The zero-order valence-corrected chi connectivity index (χ0v) is 19.9. The van der Waals surface area contributed by atoms with Crippen LogP contribution in [0.25, 0.3) is 0 Å². The largest absolute Gasteiger partial charge is 0.361 e. The maximum atomic E-state index is 13.3. The van der Waals surface area contributed by atoms with Crippen molar-refractivity contribution >= 4 is 5.78 Å². The van der Waals surface area contributed by atoms with Crippen LogP contribution in [0, 0.1) is 28.6 Å². The van der Waals surface area contributed by atoms with Gasteiger partial charge in [-0.25, -0.2) is 0 Å². The Morgan fingerprint density at radius 3 is 2.52 bits per heavy atom. The summed E-state index contributed by atoms with van der Waals surface area (Å²) in [6.07, 6.45) is 3.01. The van der Waals surface area contributed by atoms with Crippen LogP contribution in [0.15, 0.2) is 12.2 Å². The molecule has 3 saturated carbocycles. The molecule has 1 spiro atoms. The maximum Gasteiger partial charge on any atom is 0.167 e. The summed E-state index contributed by atoms with van der Waals surface area (Å²) in [6, 6.07) is 0. The van der Waals surface area contributed by atoms with Crippen molar-refractivity contribution in [1.29, 1.82) is 0 Å². The third kappa shape index (κ3) is 3.05. The van der Waals surface area contributed by atoms with Gasteiger partial charge in [-0.2, -0.15) is 0 Å². The average molecular weight is 435 g/mol. The lowest BCUT2D eigenvalue weighted by molar-refractivity contribution is -0.171. The molecule has 0 aromatic rings. The lowest BCUT2D eigenvalue weighted by Crippen LogP contribution is -2.64. The molecule has 2 unspecified atom stereocenters. The van der Waals surface area contributed by atoms with Crippen LogP contribution in [0.5, 0.6) is 0 Å². The summed E-state index contributed by atoms with van der Waals surface area (Å²) < 4.78 is 30.4. The van der Waals surface area contributed by atoms with Gasteiger partial charge in [-0.3, -0.25) is 4.79 Å². The van der Waals surface area contributed by atoms with Gasteiger partial charge in [0.05, 0.1) is 24.9 Å². The number of carbonyl (C=O) groups is 1. The Bertz CT molecular complexity index is 783. The van der Waals surface area contributed by atoms with Gasteiger partial charge in [0, 0.05) is 24.9 Å². The number of rotatable bonds is 3. The molecule has 0 N–H and O–H groups in total. The van der Waals surface area contributed by atoms with Crippen molar-refractivity contribution in [3.05, 3.63) is 12.2 Å². The van der Waals surface area contributed by atoms with Gasteiger partial charge in [0.1, 0.15) is 6.79 Å². The highest BCUT2D eigenvalue weighted by Crippen LogP contribution is 2.66. The van der Waals surface area contributed by atoms with Crippen LogP contribution in [-0.4, -0.2) is 56.0 Å². The predicted octanol–water partition coefficient (Wildman–Crippen LogP) is 3.87. The fraction of sp³-hybridized carbons (Fsp3) is 0.880. The number of ketones is 1. The van der Waals surface area contributed by atoms with Crippen molar-refractivity contribution in [3.63, 3.8) is 0 Å². The van der Waals surface area contributed by atoms with E-state index in [0.717, 1.165) is 24.8 Å². The van der Waals surface area contributed by atoms with Gasteiger partial charge in [-0.05, 0) is 55.9 Å². The molecule has 31 heavy (non-hydrogen) atoms. The second kappa shape index (κ2) is 6.86. The van der Waals surface area contributed by atoms with Crippen molar-refractivity contribution in [2.45, 2.75) is 90.0 Å². The Balaban J connectivity index is 1.60. The van der Waals surface area contributed by atoms with Crippen LogP contribution in [0.2, 0.25) is 0 Å². The van der Waals surface area contributed by atoms with Crippen LogP contribution in [-0.2, 0) is 28.5 Å². The molecule has 0 amide bonds. The van der Waals surface area contributed by atoms with Crippen LogP contribution in [0.4, 0.5) is 0 Å². The Labute approximate surface area is 186 Å². The number of epoxide rings is 1. The molecule has 6 heteroatoms. The van der Waals surface area contributed by atoms with E-state index < -0.39 is 11.4 Å². The lowest BCUT2D eigenvalue weighted by atomic mass is 9.47. The smallest absolute Gasteiger partial charge is 0.167 e. The summed E-state index contributed by atoms with van der Waals surface area (Å²) in [5.41, 5.74) is 0.180. The molecule has 2 heterocycles. The molecule has 2 aliphatic heterocycles. The van der Waals surface area contributed by atoms with Gasteiger partial charge in [0.2, 0.25) is 0 Å². The summed E-state index contributed by atoms with van der Waals surface area (Å²) in [4.78, 5) is 13.3. The Morgan fingerprint density at radius 1 is 1.16 bits per heavy atom. The average Bonchev–Trinajstić information content (AvgIpc) is 3.39. The summed E-state index contributed by atoms with van der Waals surface area (Å²) in [5.74, 6) is -0.0200. The quantitative estimate of drug-likeness (QED) is 0.382. The second-order valence-electron chi connectivity index (χ2n) is 11.8. The molecule has 6 nitrogen and oxygen atoms in total. The zero-order chi connectivity index (χ0) is 22.4. The topological polar surface area (TPSA) is 66.5 Å². The predicted molar refractivity (Wildman–Crippen MR) is 114 cm³/mol. The number of carbonyl (C=O) groups excluding carboxylic acids is 1. The van der Waals surface area contributed by atoms with E-state index in [0.29, 0.717) is 13.0 Å². The van der Waals surface area contributed by atoms with E-state index in [9.17, 15) is 4.79 Å². The van der Waals surface area contributed by atoms with Crippen LogP contribution < -0.4 is 0 Å². The van der Waals surface area contributed by atoms with Gasteiger partial charge in [0.15, 0.2) is 17.2 Å². The molecule has 2 bridgehead atoms. The molecule has 5 aliphatic rings. The molecule has 0 radical (unpaired) electrons. The molecule has 2 saturated heterocycles. The highest BCUT2D eigenvalue weighted by molar-refractivity contribution is 5.91. The molecule has 174 valence electrons. The number of methoxy groups -OCH3 is 1. The second-order valence-corrected chi connectivity index (χ2v) is 11.8. The normalized spacial score (nSPS) is 49.9. The molecule has 8 atom stereocenters. The standard InChI is InChI=1S/C25H38O6/c1-14-16-10-15-11-18(26)25(12-29-25)20(22(15,2)3)19-21(31-23(4,5)30-19)24(16,6)9-8-17(14)28-13-27-7/h15-17,19-21H,1,8-13H2,2-7H3/t15?,16-,17+,19-,20?,21+,24-,25-/m1/s1. The first-order valence-electron chi connectivity index (χ1n) is 11.8. The Kier molecular flexibility index (Phi) is 4.87. The number of hydrogen-bond acceptors (Lipinski definition) is 6. The Hall–Kier alpha value is -0.790. The number of Topliss-reactive ketones (excluding diaryl/α,β-unsaturated/α-hetero) is 1. The SMILES string of the molecule is C=C1[C@@H](OCOC)CC[C@]2(C)[C@@H]1CC1CC(=O)[C@]3(CO3)C([C@H]3OC(C)(C)O[C@@H]32)C1(C)C. The van der Waals surface area contributed by atoms with Crippen LogP contribution in [0.3, 0.4) is 0 Å². The molecule has 5 fully saturated rings. The maximum absolute atomic E-state index is 13.3. The van der Waals surface area contributed by atoms with E-state index in [1.54, 1.807) is 7.11 Å². The first kappa shape index (κ1) is 22.0. The van der Waals surface area contributed by atoms with E-state index in [1.165, 1.54) is 0 Å².